The molecule has 4 rings (SSSR count). The third kappa shape index (κ3) is 3.75. The summed E-state index contributed by atoms with van der Waals surface area (Å²) in [5.41, 5.74) is 0.880. The van der Waals surface area contributed by atoms with Crippen molar-refractivity contribution >= 4 is 0 Å². The van der Waals surface area contributed by atoms with Gasteiger partial charge in [-0.1, -0.05) is 10.3 Å². The Morgan fingerprint density at radius 3 is 2.85 bits per heavy atom. The highest BCUT2D eigenvalue weighted by molar-refractivity contribution is 5.22. The number of aromatic nitrogens is 3. The summed E-state index contributed by atoms with van der Waals surface area (Å²) in [5, 5.41) is 7.92. The van der Waals surface area contributed by atoms with Crippen LogP contribution in [0.25, 0.3) is 0 Å². The van der Waals surface area contributed by atoms with E-state index in [4.69, 9.17) is 13.8 Å². The van der Waals surface area contributed by atoms with Crippen LogP contribution in [0.3, 0.4) is 0 Å². The Bertz CT molecular complexity index is 861. The van der Waals surface area contributed by atoms with Crippen molar-refractivity contribution in [3.8, 4) is 5.75 Å². The number of aryl methyl sites for hydroxylation is 1. The van der Waals surface area contributed by atoms with Gasteiger partial charge in [0.15, 0.2) is 12.4 Å². The summed E-state index contributed by atoms with van der Waals surface area (Å²) in [6.45, 7) is 3.57. The van der Waals surface area contributed by atoms with Gasteiger partial charge < -0.3 is 13.8 Å². The van der Waals surface area contributed by atoms with Gasteiger partial charge in [0.1, 0.15) is 11.6 Å². The van der Waals surface area contributed by atoms with Crippen LogP contribution in [0.1, 0.15) is 42.1 Å². The molecule has 136 valence electrons. The van der Waals surface area contributed by atoms with E-state index in [2.05, 4.69) is 20.2 Å². The third-order valence-electron chi connectivity index (χ3n) is 4.37. The lowest BCUT2D eigenvalue weighted by atomic mass is 10.1. The fourth-order valence-corrected chi connectivity index (χ4v) is 3.14. The second kappa shape index (κ2) is 7.25. The van der Waals surface area contributed by atoms with Crippen molar-refractivity contribution in [2.45, 2.75) is 39.0 Å². The van der Waals surface area contributed by atoms with E-state index in [0.29, 0.717) is 24.0 Å². The van der Waals surface area contributed by atoms with Crippen molar-refractivity contribution in [2.24, 2.45) is 0 Å². The zero-order valence-corrected chi connectivity index (χ0v) is 14.4. The summed E-state index contributed by atoms with van der Waals surface area (Å²) in [6, 6.07) is 7.96. The highest BCUT2D eigenvalue weighted by atomic mass is 19.1. The molecule has 1 aliphatic rings. The Labute approximate surface area is 149 Å². The molecule has 3 heterocycles. The van der Waals surface area contributed by atoms with E-state index in [9.17, 15) is 4.39 Å². The lowest BCUT2D eigenvalue weighted by molar-refractivity contribution is 0.183. The molecule has 7 nitrogen and oxygen atoms in total. The predicted molar refractivity (Wildman–Crippen MR) is 88.7 cm³/mol. The van der Waals surface area contributed by atoms with Crippen molar-refractivity contribution in [3.05, 3.63) is 59.3 Å². The summed E-state index contributed by atoms with van der Waals surface area (Å²) >= 11 is 0. The molecule has 0 spiro atoms. The first-order valence-electron chi connectivity index (χ1n) is 8.54. The monoisotopic (exact) mass is 358 g/mol. The summed E-state index contributed by atoms with van der Waals surface area (Å²) in [6.07, 6.45) is 2.10. The second-order valence-electron chi connectivity index (χ2n) is 6.35. The van der Waals surface area contributed by atoms with Gasteiger partial charge in [0.05, 0.1) is 18.3 Å². The molecule has 0 saturated carbocycles. The Hall–Kier alpha value is -2.74. The van der Waals surface area contributed by atoms with Gasteiger partial charge in [-0.3, -0.25) is 4.90 Å². The lowest BCUT2D eigenvalue weighted by Crippen LogP contribution is -2.22. The minimum absolute atomic E-state index is 0.167. The third-order valence-corrected chi connectivity index (χ3v) is 4.37. The molecule has 0 radical (unpaired) electrons. The Kier molecular flexibility index (Phi) is 4.66. The van der Waals surface area contributed by atoms with Crippen LogP contribution in [0.15, 0.2) is 39.4 Å². The number of nitrogens with zero attached hydrogens (tertiary/aromatic N) is 4. The maximum absolute atomic E-state index is 12.9. The Morgan fingerprint density at radius 1 is 1.23 bits per heavy atom. The molecule has 3 aromatic rings. The first-order chi connectivity index (χ1) is 12.7. The van der Waals surface area contributed by atoms with Gasteiger partial charge in [0, 0.05) is 6.07 Å². The van der Waals surface area contributed by atoms with E-state index in [-0.39, 0.29) is 18.5 Å². The number of halogens is 1. The van der Waals surface area contributed by atoms with E-state index < -0.39 is 0 Å². The molecule has 1 fully saturated rings. The van der Waals surface area contributed by atoms with Crippen molar-refractivity contribution in [1.82, 2.24) is 20.2 Å². The van der Waals surface area contributed by atoms with Gasteiger partial charge in [-0.15, -0.1) is 0 Å². The average Bonchev–Trinajstić information content (AvgIpc) is 3.36. The van der Waals surface area contributed by atoms with E-state index in [1.165, 1.54) is 12.1 Å². The SMILES string of the molecule is Cc1cc([C@@H]2CCCN2Cc2nc(COc3ccc(F)cc3)no2)on1. The average molecular weight is 358 g/mol. The van der Waals surface area contributed by atoms with Gasteiger partial charge >= 0.3 is 0 Å². The second-order valence-corrected chi connectivity index (χ2v) is 6.35. The molecule has 0 aliphatic carbocycles. The van der Waals surface area contributed by atoms with Gasteiger partial charge in [-0.2, -0.15) is 4.98 Å². The largest absolute Gasteiger partial charge is 0.485 e. The van der Waals surface area contributed by atoms with Crippen LogP contribution in [-0.4, -0.2) is 26.7 Å². The molecule has 0 bridgehead atoms. The molecule has 0 unspecified atom stereocenters. The van der Waals surface area contributed by atoms with E-state index >= 15 is 0 Å². The zero-order valence-electron chi connectivity index (χ0n) is 14.4. The van der Waals surface area contributed by atoms with Gasteiger partial charge in [0.2, 0.25) is 11.7 Å². The van der Waals surface area contributed by atoms with E-state index in [1.807, 2.05) is 13.0 Å². The summed E-state index contributed by atoms with van der Waals surface area (Å²) < 4.78 is 29.2. The molecule has 0 amide bonds. The molecular formula is C18H19FN4O3. The standard InChI is InChI=1S/C18H19FN4O3/c1-12-9-16(25-21-12)15-3-2-8-23(15)10-18-20-17(22-26-18)11-24-14-6-4-13(19)5-7-14/h4-7,9,15H,2-3,8,10-11H2,1H3/t15-/m0/s1. The van der Waals surface area contributed by atoms with E-state index in [0.717, 1.165) is 30.8 Å². The molecular weight excluding hydrogens is 339 g/mol. The summed E-state index contributed by atoms with van der Waals surface area (Å²) in [7, 11) is 0. The van der Waals surface area contributed by atoms with Crippen molar-refractivity contribution in [2.75, 3.05) is 6.54 Å². The molecule has 1 saturated heterocycles. The maximum Gasteiger partial charge on any atom is 0.240 e. The number of hydrogen-bond acceptors (Lipinski definition) is 7. The minimum Gasteiger partial charge on any atom is -0.485 e. The van der Waals surface area contributed by atoms with Crippen LogP contribution >= 0.6 is 0 Å². The van der Waals surface area contributed by atoms with Gasteiger partial charge in [-0.05, 0) is 50.6 Å². The predicted octanol–water partition coefficient (Wildman–Crippen LogP) is 3.42. The smallest absolute Gasteiger partial charge is 0.240 e. The molecule has 0 N–H and O–H groups in total. The van der Waals surface area contributed by atoms with Crippen LogP contribution in [0.2, 0.25) is 0 Å². The van der Waals surface area contributed by atoms with Crippen LogP contribution < -0.4 is 4.74 Å². The van der Waals surface area contributed by atoms with Crippen molar-refractivity contribution in [3.63, 3.8) is 0 Å². The van der Waals surface area contributed by atoms with Crippen molar-refractivity contribution in [1.29, 1.82) is 0 Å². The Balaban J connectivity index is 1.36. The molecule has 1 aromatic carbocycles. The highest BCUT2D eigenvalue weighted by Crippen LogP contribution is 2.33. The maximum atomic E-state index is 12.9. The molecule has 8 heteroatoms. The topological polar surface area (TPSA) is 77.4 Å². The number of rotatable bonds is 6. The highest BCUT2D eigenvalue weighted by Gasteiger charge is 2.30. The van der Waals surface area contributed by atoms with Crippen molar-refractivity contribution < 1.29 is 18.2 Å². The lowest BCUT2D eigenvalue weighted by Gasteiger charge is -2.19. The number of benzene rings is 1. The number of ether oxygens (including phenoxy) is 1. The van der Waals surface area contributed by atoms with Crippen LogP contribution in [0.4, 0.5) is 4.39 Å². The van der Waals surface area contributed by atoms with E-state index in [1.54, 1.807) is 12.1 Å². The molecule has 1 atom stereocenters. The van der Waals surface area contributed by atoms with Gasteiger partial charge in [-0.25, -0.2) is 4.39 Å². The van der Waals surface area contributed by atoms with Gasteiger partial charge in [0.25, 0.3) is 0 Å². The fraction of sp³-hybridized carbons (Fsp3) is 0.389. The van der Waals surface area contributed by atoms with Crippen LogP contribution in [0.5, 0.6) is 5.75 Å². The van der Waals surface area contributed by atoms with Crippen LogP contribution in [-0.2, 0) is 13.2 Å². The normalized spacial score (nSPS) is 17.7. The van der Waals surface area contributed by atoms with Crippen LogP contribution in [0, 0.1) is 12.7 Å². The quantitative estimate of drug-likeness (QED) is 0.668. The molecule has 1 aliphatic heterocycles. The fourth-order valence-electron chi connectivity index (χ4n) is 3.14. The Morgan fingerprint density at radius 2 is 2.08 bits per heavy atom. The molecule has 26 heavy (non-hydrogen) atoms. The number of hydrogen-bond donors (Lipinski definition) is 0. The first-order valence-corrected chi connectivity index (χ1v) is 8.54. The first kappa shape index (κ1) is 16.7. The molecule has 2 aromatic heterocycles. The zero-order chi connectivity index (χ0) is 17.9. The minimum atomic E-state index is -0.304. The summed E-state index contributed by atoms with van der Waals surface area (Å²) in [4.78, 5) is 6.62. The number of likely N-dealkylation sites (tertiary alicyclic amines) is 1. The summed E-state index contributed by atoms with van der Waals surface area (Å²) in [5.74, 6) is 2.11.